The average Bonchev–Trinajstić information content (AvgIpc) is 3.65. The summed E-state index contributed by atoms with van der Waals surface area (Å²) in [5.74, 6) is -13.1. The second-order valence-electron chi connectivity index (χ2n) is 20.3. The first-order valence-electron chi connectivity index (χ1n) is 26.9. The average molecular weight is 1190 g/mol. The zero-order chi connectivity index (χ0) is 63.3. The number of primary amides is 2. The van der Waals surface area contributed by atoms with Crippen LogP contribution < -0.4 is 76.1 Å². The van der Waals surface area contributed by atoms with Gasteiger partial charge in [0.2, 0.25) is 65.0 Å². The molecule has 30 nitrogen and oxygen atoms in total. The van der Waals surface area contributed by atoms with Gasteiger partial charge in [0, 0.05) is 19.4 Å². The lowest BCUT2D eigenvalue weighted by Gasteiger charge is -2.26. The molecule has 0 unspecified atom stereocenters. The van der Waals surface area contributed by atoms with Crippen LogP contribution in [0.5, 0.6) is 5.75 Å². The summed E-state index contributed by atoms with van der Waals surface area (Å²) >= 11 is 0. The Kier molecular flexibility index (Phi) is 28.9. The number of aromatic hydroxyl groups is 1. The molecular weight excluding hydrogens is 1110 g/mol. The van der Waals surface area contributed by atoms with Crippen molar-refractivity contribution in [3.05, 3.63) is 102 Å². The monoisotopic (exact) mass is 1190 g/mol. The molecule has 0 fully saturated rings. The Morgan fingerprint density at radius 1 is 0.494 bits per heavy atom. The molecule has 0 heterocycles. The molecule has 0 aliphatic carbocycles. The molecule has 0 aliphatic heterocycles. The molecule has 22 N–H and O–H groups in total. The minimum absolute atomic E-state index is 0.0267. The van der Waals surface area contributed by atoms with Crippen LogP contribution in [0.1, 0.15) is 69.6 Å². The highest BCUT2D eigenvalue weighted by molar-refractivity contribution is 5.99. The quantitative estimate of drug-likeness (QED) is 0.0147. The Hall–Kier alpha value is -9.71. The van der Waals surface area contributed by atoms with Crippen LogP contribution in [0, 0.1) is 11.3 Å². The maximum Gasteiger partial charge on any atom is 0.326 e. The lowest BCUT2D eigenvalue weighted by Crippen LogP contribution is -2.60. The first-order chi connectivity index (χ1) is 40.1. The van der Waals surface area contributed by atoms with Crippen LogP contribution in [-0.4, -0.2) is 166 Å². The minimum atomic E-state index is -1.87. The van der Waals surface area contributed by atoms with Crippen molar-refractivity contribution in [2.75, 3.05) is 19.7 Å². The summed E-state index contributed by atoms with van der Waals surface area (Å²) in [5, 5.41) is 61.3. The second-order valence-corrected chi connectivity index (χ2v) is 20.3. The summed E-state index contributed by atoms with van der Waals surface area (Å²) in [6, 6.07) is 8.79. The molecule has 3 rings (SSSR count). The SMILES string of the molecule is CC(C)C[C@H](NC(=O)CNC(=O)[C@H](Cc1ccccc1)NC(=O)[C@H](CO)NC(=O)[C@H](CC(N)=O)NC(=O)[C@H](C)NC(=O)[C@H](CC(N)=O)NC(=O)[C@@H](N)Cc1ccc(O)cc1)C(=O)N[C@@H](CCCNC(=N)N)C(=O)N[C@@H](Cc1ccccc1)C(=O)O. The first kappa shape index (κ1) is 69.6. The number of carboxylic acid groups (broad SMARTS) is 1. The molecule has 462 valence electrons. The summed E-state index contributed by atoms with van der Waals surface area (Å²) in [7, 11) is 0. The Bertz CT molecular complexity index is 2810. The maximum atomic E-state index is 13.9. The third kappa shape index (κ3) is 26.0. The lowest BCUT2D eigenvalue weighted by molar-refractivity contribution is -0.142. The molecule has 3 aromatic rings. The van der Waals surface area contributed by atoms with E-state index in [9.17, 15) is 72.9 Å². The summed E-state index contributed by atoms with van der Waals surface area (Å²) in [6.45, 7) is 2.88. The number of hydrogen-bond donors (Lipinski definition) is 18. The number of nitrogens with one attached hydrogen (secondary N) is 11. The van der Waals surface area contributed by atoms with Gasteiger partial charge in [0.1, 0.15) is 54.1 Å². The fraction of sp³-hybridized carbons (Fsp3) is 0.436. The molecule has 9 atom stereocenters. The van der Waals surface area contributed by atoms with Crippen LogP contribution in [0.3, 0.4) is 0 Å². The fourth-order valence-electron chi connectivity index (χ4n) is 8.18. The van der Waals surface area contributed by atoms with Crippen molar-refractivity contribution in [1.82, 2.24) is 53.2 Å². The van der Waals surface area contributed by atoms with E-state index in [1.807, 2.05) is 0 Å². The van der Waals surface area contributed by atoms with Crippen LogP contribution in [0.25, 0.3) is 0 Å². The van der Waals surface area contributed by atoms with Crippen LogP contribution in [0.2, 0.25) is 0 Å². The van der Waals surface area contributed by atoms with Crippen LogP contribution in [0.4, 0.5) is 0 Å². The highest BCUT2D eigenvalue weighted by Gasteiger charge is 2.35. The molecule has 0 saturated heterocycles. The number of phenolic OH excluding ortho intramolecular Hbond substituents is 1. The number of carboxylic acids is 1. The topological polar surface area (TPSA) is 514 Å². The predicted octanol–water partition coefficient (Wildman–Crippen LogP) is -5.10. The van der Waals surface area contributed by atoms with E-state index in [0.29, 0.717) is 16.7 Å². The number of amides is 11. The number of nitrogens with two attached hydrogens (primary N) is 4. The normalized spacial score (nSPS) is 14.0. The Morgan fingerprint density at radius 3 is 1.46 bits per heavy atom. The van der Waals surface area contributed by atoms with Gasteiger partial charge in [-0.05, 0) is 67.3 Å². The molecule has 0 radical (unpaired) electrons. The number of carbonyl (C=O) groups excluding carboxylic acids is 11. The molecule has 0 aromatic heterocycles. The van der Waals surface area contributed by atoms with E-state index in [-0.39, 0.29) is 62.7 Å². The van der Waals surface area contributed by atoms with E-state index >= 15 is 0 Å². The number of aliphatic hydroxyl groups excluding tert-OH is 1. The summed E-state index contributed by atoms with van der Waals surface area (Å²) in [4.78, 5) is 158. The predicted molar refractivity (Wildman–Crippen MR) is 305 cm³/mol. The number of carbonyl (C=O) groups is 12. The molecule has 0 saturated carbocycles. The smallest absolute Gasteiger partial charge is 0.326 e. The molecule has 30 heteroatoms. The van der Waals surface area contributed by atoms with Crippen molar-refractivity contribution < 1.29 is 72.9 Å². The Morgan fingerprint density at radius 2 is 0.941 bits per heavy atom. The van der Waals surface area contributed by atoms with Crippen molar-refractivity contribution in [3.8, 4) is 5.75 Å². The standard InChI is InChI=1S/C55H77N15O15/c1-29(2)21-37(51(81)65-36(15-10-20-61-55(59)60)49(79)69-41(54(84)85)24-32-13-8-5-9-14-32)64-45(75)27-62-48(78)38(23-31-11-6-4-7-12-31)68-53(83)42(28-71)70-52(82)40(26-44(58)74)66-46(76)30(3)63-50(80)39(25-43(57)73)67-47(77)35(56)22-33-16-18-34(72)19-17-33/h4-9,11-14,16-19,29-30,35-42,71-72H,10,15,20-28,56H2,1-3H3,(H2,57,73)(H2,58,74)(H,62,78)(H,63,80)(H,64,75)(H,65,81)(H,66,76)(H,67,77)(H,68,83)(H,69,79)(H,70,82)(H,84,85)(H4,59,60,61)/t30-,35-,36-,37-,38-,39-,40-,41-,42-/m0/s1. The van der Waals surface area contributed by atoms with E-state index in [0.717, 1.165) is 6.92 Å². The highest BCUT2D eigenvalue weighted by atomic mass is 16.4. The van der Waals surface area contributed by atoms with Crippen LogP contribution >= 0.6 is 0 Å². The number of benzene rings is 3. The number of aliphatic hydroxyl groups is 1. The van der Waals surface area contributed by atoms with Gasteiger partial charge in [-0.1, -0.05) is 86.6 Å². The molecular formula is C55H77N15O15. The van der Waals surface area contributed by atoms with Gasteiger partial charge in [-0.2, -0.15) is 0 Å². The number of aliphatic carboxylic acids is 1. The van der Waals surface area contributed by atoms with Gasteiger partial charge in [-0.25, -0.2) is 4.79 Å². The summed E-state index contributed by atoms with van der Waals surface area (Å²) < 4.78 is 0. The molecule has 85 heavy (non-hydrogen) atoms. The van der Waals surface area contributed by atoms with Crippen molar-refractivity contribution in [2.45, 2.75) is 127 Å². The van der Waals surface area contributed by atoms with E-state index in [4.69, 9.17) is 28.3 Å². The van der Waals surface area contributed by atoms with E-state index in [1.54, 1.807) is 74.5 Å². The van der Waals surface area contributed by atoms with Crippen LogP contribution in [0.15, 0.2) is 84.9 Å². The van der Waals surface area contributed by atoms with Gasteiger partial charge in [0.25, 0.3) is 0 Å². The maximum absolute atomic E-state index is 13.9. The minimum Gasteiger partial charge on any atom is -0.508 e. The largest absolute Gasteiger partial charge is 0.508 e. The number of phenols is 1. The van der Waals surface area contributed by atoms with Gasteiger partial charge in [0.15, 0.2) is 5.96 Å². The van der Waals surface area contributed by atoms with Gasteiger partial charge in [0.05, 0.1) is 32.0 Å². The molecule has 3 aromatic carbocycles. The molecule has 0 aliphatic rings. The Balaban J connectivity index is 1.73. The molecule has 0 spiro atoms. The lowest BCUT2D eigenvalue weighted by atomic mass is 10.0. The van der Waals surface area contributed by atoms with Gasteiger partial charge in [-0.15, -0.1) is 0 Å². The van der Waals surface area contributed by atoms with Crippen molar-refractivity contribution in [1.29, 1.82) is 5.41 Å². The van der Waals surface area contributed by atoms with E-state index < -0.39 is 151 Å². The summed E-state index contributed by atoms with van der Waals surface area (Å²) in [6.07, 6.45) is -1.79. The zero-order valence-electron chi connectivity index (χ0n) is 47.2. The second kappa shape index (κ2) is 35.3. The van der Waals surface area contributed by atoms with Crippen molar-refractivity contribution in [2.24, 2.45) is 28.9 Å². The zero-order valence-corrected chi connectivity index (χ0v) is 47.2. The summed E-state index contributed by atoms with van der Waals surface area (Å²) in [5.41, 5.74) is 23.8. The van der Waals surface area contributed by atoms with Gasteiger partial charge >= 0.3 is 5.97 Å². The van der Waals surface area contributed by atoms with Crippen LogP contribution in [-0.2, 0) is 76.8 Å². The fourth-order valence-corrected chi connectivity index (χ4v) is 8.18. The van der Waals surface area contributed by atoms with E-state index in [2.05, 4.69) is 53.2 Å². The number of guanidine groups is 1. The first-order valence-corrected chi connectivity index (χ1v) is 26.9. The van der Waals surface area contributed by atoms with Crippen molar-refractivity contribution >= 4 is 76.9 Å². The number of hydrogen-bond acceptors (Lipinski definition) is 16. The molecule has 0 bridgehead atoms. The van der Waals surface area contributed by atoms with E-state index in [1.165, 1.54) is 24.3 Å². The van der Waals surface area contributed by atoms with Gasteiger partial charge in [-0.3, -0.25) is 58.1 Å². The van der Waals surface area contributed by atoms with Gasteiger partial charge < -0.3 is 91.4 Å². The third-order valence-electron chi connectivity index (χ3n) is 12.6. The highest BCUT2D eigenvalue weighted by Crippen LogP contribution is 2.13. The molecule has 11 amide bonds. The Labute approximate surface area is 489 Å². The van der Waals surface area contributed by atoms with Crippen molar-refractivity contribution in [3.63, 3.8) is 0 Å². The number of rotatable bonds is 36. The third-order valence-corrected chi connectivity index (χ3v) is 12.6.